The van der Waals surface area contributed by atoms with Crippen molar-refractivity contribution in [1.29, 1.82) is 0 Å². The fourth-order valence-electron chi connectivity index (χ4n) is 2.69. The number of rotatable bonds is 3. The summed E-state index contributed by atoms with van der Waals surface area (Å²) in [4.78, 5) is 24.0. The molecule has 26 heavy (non-hydrogen) atoms. The van der Waals surface area contributed by atoms with E-state index in [0.717, 1.165) is 6.07 Å². The predicted octanol–water partition coefficient (Wildman–Crippen LogP) is 2.20. The van der Waals surface area contributed by atoms with Crippen molar-refractivity contribution in [3.8, 4) is 5.75 Å². The van der Waals surface area contributed by atoms with Gasteiger partial charge in [-0.3, -0.25) is 9.59 Å². The van der Waals surface area contributed by atoms with Crippen LogP contribution in [0.25, 0.3) is 0 Å². The maximum Gasteiger partial charge on any atom is 0.313 e. The zero-order chi connectivity index (χ0) is 18.7. The summed E-state index contributed by atoms with van der Waals surface area (Å²) in [5, 5.41) is 15.4. The van der Waals surface area contributed by atoms with E-state index in [4.69, 9.17) is 16.3 Å². The second kappa shape index (κ2) is 7.31. The third-order valence-electron chi connectivity index (χ3n) is 4.09. The van der Waals surface area contributed by atoms with Crippen molar-refractivity contribution in [3.63, 3.8) is 0 Å². The van der Waals surface area contributed by atoms with Crippen LogP contribution < -0.4 is 15.4 Å². The number of amides is 2. The van der Waals surface area contributed by atoms with E-state index in [-0.39, 0.29) is 23.7 Å². The molecule has 1 aliphatic heterocycles. The quantitative estimate of drug-likeness (QED) is 0.714. The summed E-state index contributed by atoms with van der Waals surface area (Å²) >= 11 is 5.63. The number of hydrogen-bond acceptors (Lipinski definition) is 4. The van der Waals surface area contributed by atoms with Gasteiger partial charge in [-0.15, -0.1) is 0 Å². The Morgan fingerprint density at radius 3 is 2.77 bits per heavy atom. The van der Waals surface area contributed by atoms with E-state index >= 15 is 0 Å². The normalized spacial score (nSPS) is 18.4. The highest BCUT2D eigenvalue weighted by molar-refractivity contribution is 6.39. The van der Waals surface area contributed by atoms with Crippen molar-refractivity contribution >= 4 is 29.1 Å². The monoisotopic (exact) mass is 378 g/mol. The first kappa shape index (κ1) is 18.2. The average molecular weight is 379 g/mol. The first-order valence-corrected chi connectivity index (χ1v) is 8.26. The molecular weight excluding hydrogens is 363 g/mol. The average Bonchev–Trinajstić information content (AvgIpc) is 2.63. The number of carbonyl (C=O) groups excluding carboxylic acids is 2. The van der Waals surface area contributed by atoms with Gasteiger partial charge in [-0.05, 0) is 24.3 Å². The molecule has 136 valence electrons. The van der Waals surface area contributed by atoms with Crippen LogP contribution in [-0.4, -0.2) is 30.1 Å². The standard InChI is InChI=1S/C18H16ClFN2O4/c19-13-9-11(5-6-14(13)20)22-17(24)16(23)21-10-18(25)7-8-26-15-4-2-1-3-12(15)18/h1-6,9,25H,7-8,10H2,(H,21,23)(H,22,24)/t18-/m1/s1. The van der Waals surface area contributed by atoms with Gasteiger partial charge in [0.15, 0.2) is 0 Å². The molecule has 1 aliphatic rings. The summed E-state index contributed by atoms with van der Waals surface area (Å²) < 4.78 is 18.6. The second-order valence-electron chi connectivity index (χ2n) is 5.89. The van der Waals surface area contributed by atoms with Crippen LogP contribution >= 0.6 is 11.6 Å². The minimum atomic E-state index is -1.33. The van der Waals surface area contributed by atoms with Crippen molar-refractivity contribution < 1.29 is 23.8 Å². The molecule has 0 fully saturated rings. The van der Waals surface area contributed by atoms with Crippen LogP contribution in [0.5, 0.6) is 5.75 Å². The lowest BCUT2D eigenvalue weighted by Crippen LogP contribution is -2.46. The number of nitrogens with one attached hydrogen (secondary N) is 2. The molecule has 2 amide bonds. The molecule has 2 aromatic carbocycles. The third-order valence-corrected chi connectivity index (χ3v) is 4.38. The van der Waals surface area contributed by atoms with E-state index in [9.17, 15) is 19.1 Å². The smallest absolute Gasteiger partial charge is 0.313 e. The van der Waals surface area contributed by atoms with Gasteiger partial charge in [-0.2, -0.15) is 0 Å². The van der Waals surface area contributed by atoms with Crippen molar-refractivity contribution in [2.24, 2.45) is 0 Å². The fraction of sp³-hybridized carbons (Fsp3) is 0.222. The Labute approximate surface area is 153 Å². The number of anilines is 1. The zero-order valence-electron chi connectivity index (χ0n) is 13.6. The summed E-state index contributed by atoms with van der Waals surface area (Å²) in [7, 11) is 0. The topological polar surface area (TPSA) is 87.7 Å². The van der Waals surface area contributed by atoms with Crippen molar-refractivity contribution in [3.05, 3.63) is 58.9 Å². The van der Waals surface area contributed by atoms with Gasteiger partial charge in [0.05, 0.1) is 18.2 Å². The fourth-order valence-corrected chi connectivity index (χ4v) is 2.87. The van der Waals surface area contributed by atoms with Gasteiger partial charge in [0.2, 0.25) is 0 Å². The van der Waals surface area contributed by atoms with E-state index in [1.54, 1.807) is 24.3 Å². The third kappa shape index (κ3) is 3.79. The van der Waals surface area contributed by atoms with E-state index < -0.39 is 23.2 Å². The number of halogens is 2. The van der Waals surface area contributed by atoms with E-state index in [1.807, 2.05) is 0 Å². The molecule has 1 heterocycles. The highest BCUT2D eigenvalue weighted by atomic mass is 35.5. The molecule has 0 bridgehead atoms. The number of aliphatic hydroxyl groups is 1. The minimum absolute atomic E-state index is 0.149. The number of para-hydroxylation sites is 1. The molecular formula is C18H16ClFN2O4. The Hall–Kier alpha value is -2.64. The Bertz CT molecular complexity index is 861. The summed E-state index contributed by atoms with van der Waals surface area (Å²) in [6, 6.07) is 10.5. The molecule has 3 rings (SSSR count). The highest BCUT2D eigenvalue weighted by Gasteiger charge is 2.36. The van der Waals surface area contributed by atoms with Gasteiger partial charge in [0.1, 0.15) is 17.2 Å². The van der Waals surface area contributed by atoms with Gasteiger partial charge < -0.3 is 20.5 Å². The van der Waals surface area contributed by atoms with Gasteiger partial charge in [0, 0.05) is 17.7 Å². The van der Waals surface area contributed by atoms with Crippen molar-refractivity contribution in [2.45, 2.75) is 12.0 Å². The van der Waals surface area contributed by atoms with Crippen LogP contribution in [0.2, 0.25) is 5.02 Å². The number of carbonyl (C=O) groups is 2. The Morgan fingerprint density at radius 2 is 2.00 bits per heavy atom. The van der Waals surface area contributed by atoms with Crippen molar-refractivity contribution in [1.82, 2.24) is 5.32 Å². The lowest BCUT2D eigenvalue weighted by Gasteiger charge is -2.34. The number of fused-ring (bicyclic) bond motifs is 1. The summed E-state index contributed by atoms with van der Waals surface area (Å²) in [6.45, 7) is 0.146. The van der Waals surface area contributed by atoms with Crippen LogP contribution in [0.3, 0.4) is 0 Å². The Balaban J connectivity index is 1.63. The molecule has 8 heteroatoms. The van der Waals surface area contributed by atoms with E-state index in [1.165, 1.54) is 12.1 Å². The van der Waals surface area contributed by atoms with Crippen LogP contribution in [0.15, 0.2) is 42.5 Å². The SMILES string of the molecule is O=C(NC[C@]1(O)CCOc2ccccc21)C(=O)Nc1ccc(F)c(Cl)c1. The maximum atomic E-state index is 13.1. The summed E-state index contributed by atoms with van der Waals surface area (Å²) in [5.74, 6) is -1.96. The van der Waals surface area contributed by atoms with Crippen LogP contribution in [0, 0.1) is 5.82 Å². The molecule has 3 N–H and O–H groups in total. The minimum Gasteiger partial charge on any atom is -0.493 e. The molecule has 0 unspecified atom stereocenters. The molecule has 0 aromatic heterocycles. The first-order valence-electron chi connectivity index (χ1n) is 7.88. The molecule has 0 radical (unpaired) electrons. The van der Waals surface area contributed by atoms with Crippen molar-refractivity contribution in [2.75, 3.05) is 18.5 Å². The molecule has 0 spiro atoms. The van der Waals surface area contributed by atoms with E-state index in [2.05, 4.69) is 10.6 Å². The molecule has 0 saturated carbocycles. The van der Waals surface area contributed by atoms with Gasteiger partial charge in [0.25, 0.3) is 0 Å². The molecule has 0 saturated heterocycles. The second-order valence-corrected chi connectivity index (χ2v) is 6.30. The lowest BCUT2D eigenvalue weighted by atomic mass is 9.88. The Morgan fingerprint density at radius 1 is 1.23 bits per heavy atom. The van der Waals surface area contributed by atoms with Crippen LogP contribution in [-0.2, 0) is 15.2 Å². The lowest BCUT2D eigenvalue weighted by molar-refractivity contribution is -0.137. The first-order chi connectivity index (χ1) is 12.4. The number of benzene rings is 2. The van der Waals surface area contributed by atoms with Crippen LogP contribution in [0.4, 0.5) is 10.1 Å². The predicted molar refractivity (Wildman–Crippen MR) is 93.5 cm³/mol. The molecule has 6 nitrogen and oxygen atoms in total. The molecule has 0 aliphatic carbocycles. The number of hydrogen-bond donors (Lipinski definition) is 3. The Kier molecular flexibility index (Phi) is 5.11. The van der Waals surface area contributed by atoms with Gasteiger partial charge >= 0.3 is 11.8 Å². The summed E-state index contributed by atoms with van der Waals surface area (Å²) in [5.41, 5.74) is -0.590. The van der Waals surface area contributed by atoms with E-state index in [0.29, 0.717) is 17.9 Å². The molecule has 1 atom stereocenters. The maximum absolute atomic E-state index is 13.1. The largest absolute Gasteiger partial charge is 0.493 e. The zero-order valence-corrected chi connectivity index (χ0v) is 14.3. The van der Waals surface area contributed by atoms with Gasteiger partial charge in [-0.25, -0.2) is 4.39 Å². The summed E-state index contributed by atoms with van der Waals surface area (Å²) in [6.07, 6.45) is 0.277. The van der Waals surface area contributed by atoms with Gasteiger partial charge in [-0.1, -0.05) is 29.8 Å². The highest BCUT2D eigenvalue weighted by Crippen LogP contribution is 2.36. The molecule has 2 aromatic rings. The number of ether oxygens (including phenoxy) is 1. The van der Waals surface area contributed by atoms with Crippen LogP contribution in [0.1, 0.15) is 12.0 Å².